The van der Waals surface area contributed by atoms with Gasteiger partial charge in [0, 0.05) is 30.5 Å². The number of aromatic nitrogens is 1. The molecule has 0 amide bonds. The lowest BCUT2D eigenvalue weighted by Crippen LogP contribution is -2.69. The van der Waals surface area contributed by atoms with Crippen molar-refractivity contribution in [3.63, 3.8) is 0 Å². The van der Waals surface area contributed by atoms with Crippen LogP contribution in [0, 0.1) is 0 Å². The maximum absolute atomic E-state index is 10.8. The summed E-state index contributed by atoms with van der Waals surface area (Å²) in [5.41, 5.74) is 6.07. The fraction of sp³-hybridized carbons (Fsp3) is 0.280. The fourth-order valence-corrected chi connectivity index (χ4v) is 5.86. The fourth-order valence-electron chi connectivity index (χ4n) is 3.78. The Balaban J connectivity index is 1.50. The highest BCUT2D eigenvalue weighted by molar-refractivity contribution is 8.03. The van der Waals surface area contributed by atoms with Crippen molar-refractivity contribution in [2.75, 3.05) is 23.5 Å². The third kappa shape index (κ3) is 5.11. The number of hydrogen-bond donors (Lipinski definition) is 1. The second kappa shape index (κ2) is 10.4. The molecule has 5 nitrogen and oxygen atoms in total. The molecule has 0 spiro atoms. The first-order chi connectivity index (χ1) is 15.5. The highest BCUT2D eigenvalue weighted by Gasteiger charge is 2.24. The summed E-state index contributed by atoms with van der Waals surface area (Å²) in [4.78, 5) is 14.3. The average molecular weight is 467 g/mol. The molecular formula is C25H28N3O2S2+. The van der Waals surface area contributed by atoms with Crippen LogP contribution in [-0.2, 0) is 11.3 Å². The van der Waals surface area contributed by atoms with Gasteiger partial charge < -0.3 is 20.5 Å². The third-order valence-electron chi connectivity index (χ3n) is 5.60. The molecule has 1 aromatic heterocycles. The van der Waals surface area contributed by atoms with Crippen molar-refractivity contribution in [3.8, 4) is 0 Å². The van der Waals surface area contributed by atoms with Crippen LogP contribution in [0.1, 0.15) is 18.5 Å². The first kappa shape index (κ1) is 22.7. The zero-order chi connectivity index (χ0) is 22.5. The first-order valence-corrected chi connectivity index (χ1v) is 12.8. The number of fused-ring (bicyclic) bond motifs is 2. The van der Waals surface area contributed by atoms with E-state index in [0.29, 0.717) is 5.75 Å². The Bertz CT molecular complexity index is 1150. The van der Waals surface area contributed by atoms with E-state index in [9.17, 15) is 9.90 Å². The number of nitrogens with zero attached hydrogens (tertiary/aromatic N) is 2. The van der Waals surface area contributed by atoms with Crippen molar-refractivity contribution in [3.05, 3.63) is 71.5 Å². The normalized spacial score (nSPS) is 15.3. The molecule has 3 N–H and O–H groups in total. The second-order valence-electron chi connectivity index (χ2n) is 7.89. The number of rotatable bonds is 9. The molecule has 4 rings (SSSR count). The Hall–Kier alpha value is -2.48. The lowest BCUT2D eigenvalue weighted by atomic mass is 10.1. The zero-order valence-electron chi connectivity index (χ0n) is 18.2. The summed E-state index contributed by atoms with van der Waals surface area (Å²) in [5, 5.41) is 14.5. The van der Waals surface area contributed by atoms with E-state index < -0.39 is 12.0 Å². The van der Waals surface area contributed by atoms with Crippen molar-refractivity contribution < 1.29 is 20.2 Å². The summed E-state index contributed by atoms with van der Waals surface area (Å²) in [7, 11) is 2.12. The number of carbonyl (C=O) groups excluding carboxylic acids is 1. The summed E-state index contributed by atoms with van der Waals surface area (Å²) in [5.74, 6) is 0.365. The van der Waals surface area contributed by atoms with Gasteiger partial charge in [-0.05, 0) is 35.8 Å². The third-order valence-corrected chi connectivity index (χ3v) is 7.98. The van der Waals surface area contributed by atoms with Gasteiger partial charge in [0.05, 0.1) is 27.8 Å². The van der Waals surface area contributed by atoms with Crippen LogP contribution < -0.4 is 20.3 Å². The van der Waals surface area contributed by atoms with E-state index >= 15 is 0 Å². The van der Waals surface area contributed by atoms with Crippen LogP contribution in [0.25, 0.3) is 16.8 Å². The number of pyridine rings is 1. The van der Waals surface area contributed by atoms with E-state index in [1.807, 2.05) is 11.8 Å². The number of benzene rings is 2. The lowest BCUT2D eigenvalue weighted by molar-refractivity contribution is -0.697. The number of carbonyl (C=O) groups is 1. The number of carboxylic acids is 1. The molecule has 1 aliphatic rings. The number of unbranched alkanes of at least 4 members (excludes halogenated alkanes) is 1. The van der Waals surface area contributed by atoms with Crippen LogP contribution in [0.5, 0.6) is 0 Å². The topological polar surface area (TPSA) is 74.9 Å². The minimum absolute atomic E-state index is 0.507. The number of carboxylic acid groups (broad SMARTS) is 1. The Morgan fingerprint density at radius 3 is 2.78 bits per heavy atom. The number of aliphatic carboxylic acids is 1. The molecule has 32 heavy (non-hydrogen) atoms. The molecule has 0 saturated heterocycles. The molecule has 2 aromatic carbocycles. The Morgan fingerprint density at radius 1 is 1.19 bits per heavy atom. The molecule has 2 heterocycles. The predicted molar refractivity (Wildman–Crippen MR) is 131 cm³/mol. The van der Waals surface area contributed by atoms with Gasteiger partial charge in [-0.25, -0.2) is 0 Å². The van der Waals surface area contributed by atoms with E-state index in [2.05, 4.69) is 89.1 Å². The van der Waals surface area contributed by atoms with Crippen molar-refractivity contribution in [1.82, 2.24) is 0 Å². The van der Waals surface area contributed by atoms with Gasteiger partial charge in [0.1, 0.15) is 12.6 Å². The molecule has 0 bridgehead atoms. The van der Waals surface area contributed by atoms with E-state index in [1.54, 1.807) is 11.8 Å². The van der Waals surface area contributed by atoms with Crippen molar-refractivity contribution in [2.45, 2.75) is 30.3 Å². The summed E-state index contributed by atoms with van der Waals surface area (Å²) in [6.45, 7) is 0.917. The molecule has 1 atom stereocenters. The minimum Gasteiger partial charge on any atom is -0.544 e. The Kier molecular flexibility index (Phi) is 7.40. The van der Waals surface area contributed by atoms with E-state index in [1.165, 1.54) is 32.1 Å². The number of quaternary nitrogens is 1. The van der Waals surface area contributed by atoms with Crippen LogP contribution in [0.15, 0.2) is 70.7 Å². The summed E-state index contributed by atoms with van der Waals surface area (Å²) in [6.07, 6.45) is 6.54. The number of aryl methyl sites for hydroxylation is 1. The monoisotopic (exact) mass is 466 g/mol. The average Bonchev–Trinajstić information content (AvgIpc) is 3.12. The second-order valence-corrected chi connectivity index (χ2v) is 10.1. The smallest absolute Gasteiger partial charge is 0.215 e. The molecule has 0 aliphatic carbocycles. The molecule has 0 fully saturated rings. The van der Waals surface area contributed by atoms with Crippen molar-refractivity contribution in [2.24, 2.45) is 0 Å². The summed E-state index contributed by atoms with van der Waals surface area (Å²) >= 11 is 3.44. The van der Waals surface area contributed by atoms with E-state index in [-0.39, 0.29) is 0 Å². The van der Waals surface area contributed by atoms with Gasteiger partial charge in [-0.1, -0.05) is 42.1 Å². The van der Waals surface area contributed by atoms with Gasteiger partial charge in [0.25, 0.3) is 0 Å². The van der Waals surface area contributed by atoms with Crippen LogP contribution in [-0.4, -0.2) is 30.6 Å². The van der Waals surface area contributed by atoms with Gasteiger partial charge in [0.15, 0.2) is 6.20 Å². The maximum Gasteiger partial charge on any atom is 0.215 e. The maximum atomic E-state index is 10.8. The number of para-hydroxylation sites is 1. The van der Waals surface area contributed by atoms with Gasteiger partial charge >= 0.3 is 0 Å². The zero-order valence-corrected chi connectivity index (χ0v) is 19.8. The highest BCUT2D eigenvalue weighted by Crippen LogP contribution is 2.45. The molecular weight excluding hydrogens is 438 g/mol. The van der Waals surface area contributed by atoms with Gasteiger partial charge in [-0.2, -0.15) is 16.3 Å². The SMILES string of the molecule is CN1C(=Cc2c3ccccc3cc[n+]2CCCCSCC([NH3+])C(=O)[O-])Sc2ccccc21. The largest absolute Gasteiger partial charge is 0.544 e. The van der Waals surface area contributed by atoms with E-state index in [0.717, 1.165) is 25.1 Å². The molecule has 0 saturated carbocycles. The number of hydrogen-bond acceptors (Lipinski definition) is 5. The first-order valence-electron chi connectivity index (χ1n) is 10.8. The van der Waals surface area contributed by atoms with Crippen LogP contribution in [0.3, 0.4) is 0 Å². The molecule has 7 heteroatoms. The van der Waals surface area contributed by atoms with Crippen LogP contribution >= 0.6 is 23.5 Å². The molecule has 166 valence electrons. The summed E-state index contributed by atoms with van der Waals surface area (Å²) < 4.78 is 2.34. The van der Waals surface area contributed by atoms with Crippen molar-refractivity contribution in [1.29, 1.82) is 0 Å². The summed E-state index contributed by atoms with van der Waals surface area (Å²) in [6, 6.07) is 18.6. The highest BCUT2D eigenvalue weighted by atomic mass is 32.2. The quantitative estimate of drug-likeness (QED) is 0.388. The Morgan fingerprint density at radius 2 is 1.97 bits per heavy atom. The van der Waals surface area contributed by atoms with Crippen LogP contribution in [0.2, 0.25) is 0 Å². The molecule has 1 unspecified atom stereocenters. The van der Waals surface area contributed by atoms with Crippen LogP contribution in [0.4, 0.5) is 5.69 Å². The predicted octanol–water partition coefficient (Wildman–Crippen LogP) is 2.54. The van der Waals surface area contributed by atoms with Crippen molar-refractivity contribution >= 4 is 52.0 Å². The molecule has 0 radical (unpaired) electrons. The van der Waals surface area contributed by atoms with Gasteiger partial charge in [-0.3, -0.25) is 0 Å². The standard InChI is InChI=1S/C25H27N3O2S2/c1-27-21-10-4-5-11-23(21)32-24(27)16-22-19-9-3-2-8-18(19)12-14-28(22)13-6-7-15-31-17-20(26)25(29)30/h2-5,8-12,14,16,20H,6-7,13,15,17,26H2,1H3/p+1. The molecule has 1 aliphatic heterocycles. The number of thioether (sulfide) groups is 2. The molecule has 3 aromatic rings. The Labute approximate surface area is 197 Å². The number of anilines is 1. The minimum atomic E-state index is -1.07. The van der Waals surface area contributed by atoms with E-state index in [4.69, 9.17) is 0 Å². The van der Waals surface area contributed by atoms with Gasteiger partial charge in [-0.15, -0.1) is 0 Å². The van der Waals surface area contributed by atoms with Gasteiger partial charge in [0.2, 0.25) is 5.69 Å². The lowest BCUT2D eigenvalue weighted by Gasteiger charge is -2.13.